The lowest BCUT2D eigenvalue weighted by Crippen LogP contribution is -1.98. The second-order valence-electron chi connectivity index (χ2n) is 4.25. The monoisotopic (exact) mass is 262 g/mol. The summed E-state index contributed by atoms with van der Waals surface area (Å²) in [6, 6.07) is 12.9. The largest absolute Gasteiger partial charge is 0.389 e. The molecule has 94 valence electrons. The zero-order valence-electron chi connectivity index (χ0n) is 10.4. The van der Waals surface area contributed by atoms with E-state index in [2.05, 4.69) is 0 Å². The van der Waals surface area contributed by atoms with Gasteiger partial charge in [0.05, 0.1) is 6.10 Å². The highest BCUT2D eigenvalue weighted by molar-refractivity contribution is 7.99. The molecule has 3 heteroatoms. The van der Waals surface area contributed by atoms with Crippen molar-refractivity contribution in [1.29, 1.82) is 0 Å². The van der Waals surface area contributed by atoms with Gasteiger partial charge in [-0.3, -0.25) is 0 Å². The molecule has 1 atom stereocenters. The third-order valence-corrected chi connectivity index (χ3v) is 3.71. The van der Waals surface area contributed by atoms with Gasteiger partial charge in [0, 0.05) is 15.4 Å². The van der Waals surface area contributed by atoms with E-state index in [1.807, 2.05) is 37.3 Å². The van der Waals surface area contributed by atoms with Crippen LogP contribution in [0.4, 0.5) is 4.39 Å². The van der Waals surface area contributed by atoms with Crippen LogP contribution in [0.1, 0.15) is 24.2 Å². The minimum absolute atomic E-state index is 0.359. The molecule has 1 N–H and O–H groups in total. The van der Waals surface area contributed by atoms with E-state index in [0.717, 1.165) is 15.4 Å². The lowest BCUT2D eigenvalue weighted by Gasteiger charge is -2.12. The van der Waals surface area contributed by atoms with Gasteiger partial charge in [0.1, 0.15) is 5.82 Å². The second-order valence-corrected chi connectivity index (χ2v) is 5.36. The van der Waals surface area contributed by atoms with E-state index in [1.54, 1.807) is 13.0 Å². The van der Waals surface area contributed by atoms with Gasteiger partial charge in [0.2, 0.25) is 0 Å². The summed E-state index contributed by atoms with van der Waals surface area (Å²) < 4.78 is 13.7. The number of hydrogen-bond donors (Lipinski definition) is 1. The SMILES string of the molecule is Cc1cccc(Sc2cccc(F)c2[C@H](C)O)c1. The fourth-order valence-corrected chi connectivity index (χ4v) is 2.99. The Morgan fingerprint density at radius 3 is 2.56 bits per heavy atom. The van der Waals surface area contributed by atoms with Crippen molar-refractivity contribution in [1.82, 2.24) is 0 Å². The Labute approximate surface area is 111 Å². The molecule has 0 aliphatic rings. The predicted octanol–water partition coefficient (Wildman–Crippen LogP) is 4.34. The molecule has 0 saturated heterocycles. The van der Waals surface area contributed by atoms with Crippen LogP contribution >= 0.6 is 11.8 Å². The van der Waals surface area contributed by atoms with Crippen LogP contribution in [-0.2, 0) is 0 Å². The van der Waals surface area contributed by atoms with Crippen molar-refractivity contribution in [2.24, 2.45) is 0 Å². The number of benzene rings is 2. The molecule has 1 nitrogen and oxygen atoms in total. The quantitative estimate of drug-likeness (QED) is 0.888. The molecule has 0 aliphatic heterocycles. The predicted molar refractivity (Wildman–Crippen MR) is 72.3 cm³/mol. The zero-order chi connectivity index (χ0) is 13.1. The summed E-state index contributed by atoms with van der Waals surface area (Å²) in [5.41, 5.74) is 1.53. The van der Waals surface area contributed by atoms with Gasteiger partial charge in [-0.1, -0.05) is 35.5 Å². The van der Waals surface area contributed by atoms with Gasteiger partial charge < -0.3 is 5.11 Å². The molecule has 0 heterocycles. The van der Waals surface area contributed by atoms with Gasteiger partial charge in [-0.15, -0.1) is 0 Å². The molecule has 2 aromatic carbocycles. The van der Waals surface area contributed by atoms with E-state index in [0.29, 0.717) is 5.56 Å². The van der Waals surface area contributed by atoms with Crippen LogP contribution in [0.5, 0.6) is 0 Å². The maximum atomic E-state index is 13.7. The third-order valence-electron chi connectivity index (χ3n) is 2.65. The van der Waals surface area contributed by atoms with Crippen LogP contribution < -0.4 is 0 Å². The number of aryl methyl sites for hydroxylation is 1. The van der Waals surface area contributed by atoms with Crippen molar-refractivity contribution in [3.63, 3.8) is 0 Å². The Hall–Kier alpha value is -1.32. The van der Waals surface area contributed by atoms with Gasteiger partial charge in [-0.2, -0.15) is 0 Å². The van der Waals surface area contributed by atoms with Crippen molar-refractivity contribution in [2.45, 2.75) is 29.7 Å². The molecule has 2 aromatic rings. The first-order valence-electron chi connectivity index (χ1n) is 5.79. The Balaban J connectivity index is 2.37. The van der Waals surface area contributed by atoms with Crippen LogP contribution in [0.15, 0.2) is 52.3 Å². The zero-order valence-corrected chi connectivity index (χ0v) is 11.2. The Kier molecular flexibility index (Phi) is 4.04. The fraction of sp³-hybridized carbons (Fsp3) is 0.200. The summed E-state index contributed by atoms with van der Waals surface area (Å²) in [6.45, 7) is 3.60. The van der Waals surface area contributed by atoms with Crippen LogP contribution in [0.2, 0.25) is 0 Å². The van der Waals surface area contributed by atoms with Crippen molar-refractivity contribution in [3.8, 4) is 0 Å². The molecule has 0 unspecified atom stereocenters. The summed E-state index contributed by atoms with van der Waals surface area (Å²) in [5, 5.41) is 9.66. The molecule has 0 radical (unpaired) electrons. The first-order valence-corrected chi connectivity index (χ1v) is 6.60. The summed E-state index contributed by atoms with van der Waals surface area (Å²) in [5.74, 6) is -0.359. The highest BCUT2D eigenvalue weighted by Crippen LogP contribution is 2.34. The van der Waals surface area contributed by atoms with Crippen molar-refractivity contribution >= 4 is 11.8 Å². The van der Waals surface area contributed by atoms with E-state index >= 15 is 0 Å². The van der Waals surface area contributed by atoms with Gasteiger partial charge in [-0.25, -0.2) is 4.39 Å². The maximum absolute atomic E-state index is 13.7. The molecule has 0 aromatic heterocycles. The van der Waals surface area contributed by atoms with Gasteiger partial charge in [0.25, 0.3) is 0 Å². The van der Waals surface area contributed by atoms with Crippen LogP contribution in [-0.4, -0.2) is 5.11 Å². The molecule has 0 amide bonds. The number of halogens is 1. The maximum Gasteiger partial charge on any atom is 0.130 e. The standard InChI is InChI=1S/C15H15FOS/c1-10-5-3-6-12(9-10)18-14-8-4-7-13(16)15(14)11(2)17/h3-9,11,17H,1-2H3/t11-/m0/s1. The molecule has 0 bridgehead atoms. The van der Waals surface area contributed by atoms with Gasteiger partial charge in [-0.05, 0) is 38.1 Å². The average Bonchev–Trinajstić information content (AvgIpc) is 2.28. The molecule has 0 spiro atoms. The van der Waals surface area contributed by atoms with Crippen LogP contribution in [0.3, 0.4) is 0 Å². The Bertz CT molecular complexity index is 552. The first kappa shape index (κ1) is 13.1. The normalized spacial score (nSPS) is 12.4. The molecule has 2 rings (SSSR count). The molecule has 18 heavy (non-hydrogen) atoms. The van der Waals surface area contributed by atoms with Crippen LogP contribution in [0, 0.1) is 12.7 Å². The third kappa shape index (κ3) is 2.92. The highest BCUT2D eigenvalue weighted by atomic mass is 32.2. The summed E-state index contributed by atoms with van der Waals surface area (Å²) in [4.78, 5) is 1.80. The van der Waals surface area contributed by atoms with E-state index in [-0.39, 0.29) is 5.82 Å². The van der Waals surface area contributed by atoms with Crippen molar-refractivity contribution < 1.29 is 9.50 Å². The van der Waals surface area contributed by atoms with E-state index in [1.165, 1.54) is 17.8 Å². The number of aliphatic hydroxyl groups excluding tert-OH is 1. The summed E-state index contributed by atoms with van der Waals surface area (Å²) in [7, 11) is 0. The van der Waals surface area contributed by atoms with Crippen molar-refractivity contribution in [3.05, 3.63) is 59.4 Å². The molecular weight excluding hydrogens is 247 g/mol. The summed E-state index contributed by atoms with van der Waals surface area (Å²) in [6.07, 6.45) is -0.807. The lowest BCUT2D eigenvalue weighted by molar-refractivity contribution is 0.191. The molecule has 0 fully saturated rings. The fourth-order valence-electron chi connectivity index (χ4n) is 1.82. The molecule has 0 saturated carbocycles. The topological polar surface area (TPSA) is 20.2 Å². The highest BCUT2D eigenvalue weighted by Gasteiger charge is 2.14. The average molecular weight is 262 g/mol. The van der Waals surface area contributed by atoms with Crippen molar-refractivity contribution in [2.75, 3.05) is 0 Å². The minimum Gasteiger partial charge on any atom is -0.389 e. The second kappa shape index (κ2) is 5.55. The smallest absolute Gasteiger partial charge is 0.130 e. The molecule has 0 aliphatic carbocycles. The van der Waals surface area contributed by atoms with Gasteiger partial charge >= 0.3 is 0 Å². The minimum atomic E-state index is -0.807. The number of rotatable bonds is 3. The lowest BCUT2D eigenvalue weighted by atomic mass is 10.1. The number of aliphatic hydroxyl groups is 1. The van der Waals surface area contributed by atoms with E-state index < -0.39 is 6.10 Å². The van der Waals surface area contributed by atoms with E-state index in [4.69, 9.17) is 0 Å². The van der Waals surface area contributed by atoms with Gasteiger partial charge in [0.15, 0.2) is 0 Å². The van der Waals surface area contributed by atoms with E-state index in [9.17, 15) is 9.50 Å². The Morgan fingerprint density at radius 1 is 1.17 bits per heavy atom. The molecular formula is C15H15FOS. The number of hydrogen-bond acceptors (Lipinski definition) is 2. The summed E-state index contributed by atoms with van der Waals surface area (Å²) >= 11 is 1.47. The first-order chi connectivity index (χ1) is 8.58. The van der Waals surface area contributed by atoms with Crippen LogP contribution in [0.25, 0.3) is 0 Å². The Morgan fingerprint density at radius 2 is 1.89 bits per heavy atom.